The fourth-order valence-electron chi connectivity index (χ4n) is 1.72. The Morgan fingerprint density at radius 1 is 1.43 bits per heavy atom. The number of rotatable bonds is 5. The van der Waals surface area contributed by atoms with Crippen LogP contribution in [0.25, 0.3) is 0 Å². The molecule has 0 radical (unpaired) electrons. The van der Waals surface area contributed by atoms with Gasteiger partial charge in [-0.05, 0) is 51.5 Å². The quantitative estimate of drug-likeness (QED) is 0.820. The average molecular weight is 410 g/mol. The molecule has 2 aromatic rings. The smallest absolute Gasteiger partial charge is 0.346 e. The van der Waals surface area contributed by atoms with Crippen molar-refractivity contribution in [1.29, 1.82) is 0 Å². The van der Waals surface area contributed by atoms with Gasteiger partial charge in [-0.2, -0.15) is 4.31 Å². The molecule has 0 atom stereocenters. The zero-order valence-corrected chi connectivity index (χ0v) is 15.2. The predicted molar refractivity (Wildman–Crippen MR) is 86.7 cm³/mol. The van der Waals surface area contributed by atoms with Gasteiger partial charge in [0.2, 0.25) is 0 Å². The van der Waals surface area contributed by atoms with Crippen molar-refractivity contribution in [2.75, 3.05) is 7.05 Å². The molecule has 0 aromatic carbocycles. The molecule has 0 amide bonds. The molecule has 0 bridgehead atoms. The Hall–Kier alpha value is -0.740. The highest BCUT2D eigenvalue weighted by molar-refractivity contribution is 9.11. The lowest BCUT2D eigenvalue weighted by atomic mass is 10.3. The lowest BCUT2D eigenvalue weighted by Gasteiger charge is -2.15. The van der Waals surface area contributed by atoms with Crippen molar-refractivity contribution in [2.24, 2.45) is 0 Å². The molecule has 21 heavy (non-hydrogen) atoms. The van der Waals surface area contributed by atoms with Crippen LogP contribution in [0.4, 0.5) is 0 Å². The Morgan fingerprint density at radius 2 is 2.10 bits per heavy atom. The summed E-state index contributed by atoms with van der Waals surface area (Å²) < 4.78 is 27.1. The number of thiophene rings is 2. The molecule has 114 valence electrons. The molecule has 2 rings (SSSR count). The van der Waals surface area contributed by atoms with Crippen LogP contribution in [0.1, 0.15) is 20.8 Å². The summed E-state index contributed by atoms with van der Waals surface area (Å²) in [4.78, 5) is 11.1. The molecule has 0 unspecified atom stereocenters. The first kappa shape index (κ1) is 16.6. The lowest BCUT2D eigenvalue weighted by molar-refractivity contribution is 0.0701. The van der Waals surface area contributed by atoms with Crippen molar-refractivity contribution in [3.05, 3.63) is 37.3 Å². The summed E-state index contributed by atoms with van der Waals surface area (Å²) in [7, 11) is -2.20. The number of nitrogens with zero attached hydrogens (tertiary/aromatic N) is 1. The van der Waals surface area contributed by atoms with Crippen molar-refractivity contribution >= 4 is 54.6 Å². The molecule has 2 aromatic heterocycles. The molecule has 0 spiro atoms. The van der Waals surface area contributed by atoms with Crippen LogP contribution in [-0.2, 0) is 16.6 Å². The van der Waals surface area contributed by atoms with Crippen molar-refractivity contribution in [3.63, 3.8) is 0 Å². The maximum absolute atomic E-state index is 12.5. The molecule has 0 fully saturated rings. The van der Waals surface area contributed by atoms with Gasteiger partial charge >= 0.3 is 5.97 Å². The summed E-state index contributed by atoms with van der Waals surface area (Å²) in [5.41, 5.74) is 1.34. The van der Waals surface area contributed by atoms with Gasteiger partial charge < -0.3 is 5.11 Å². The zero-order valence-electron chi connectivity index (χ0n) is 11.2. The number of carboxylic acids is 1. The second kappa shape index (κ2) is 6.17. The maximum atomic E-state index is 12.5. The molecule has 0 aliphatic carbocycles. The molecule has 0 aliphatic heterocycles. The third-order valence-corrected chi connectivity index (χ3v) is 7.81. The number of aromatic carboxylic acids is 1. The van der Waals surface area contributed by atoms with E-state index in [9.17, 15) is 13.2 Å². The van der Waals surface area contributed by atoms with E-state index < -0.39 is 16.0 Å². The summed E-state index contributed by atoms with van der Waals surface area (Å²) in [6.07, 6.45) is 0. The molecular weight excluding hydrogens is 398 g/mol. The Kier molecular flexibility index (Phi) is 4.89. The summed E-state index contributed by atoms with van der Waals surface area (Å²) >= 11 is 5.60. The number of hydrogen-bond donors (Lipinski definition) is 1. The van der Waals surface area contributed by atoms with Crippen molar-refractivity contribution in [3.8, 4) is 0 Å². The van der Waals surface area contributed by atoms with Gasteiger partial charge in [0.05, 0.1) is 3.79 Å². The van der Waals surface area contributed by atoms with E-state index in [0.717, 1.165) is 20.7 Å². The summed E-state index contributed by atoms with van der Waals surface area (Å²) in [5, 5.41) is 10.9. The van der Waals surface area contributed by atoms with Crippen LogP contribution in [0.15, 0.2) is 25.5 Å². The van der Waals surface area contributed by atoms with Crippen molar-refractivity contribution in [2.45, 2.75) is 17.7 Å². The van der Waals surface area contributed by atoms with E-state index in [-0.39, 0.29) is 15.6 Å². The summed E-state index contributed by atoms with van der Waals surface area (Å²) in [6, 6.07) is 3.27. The first-order chi connectivity index (χ1) is 9.71. The van der Waals surface area contributed by atoms with Crippen LogP contribution < -0.4 is 0 Å². The van der Waals surface area contributed by atoms with Gasteiger partial charge in [0.25, 0.3) is 10.0 Å². The van der Waals surface area contributed by atoms with E-state index in [2.05, 4.69) is 15.9 Å². The first-order valence-corrected chi connectivity index (χ1v) is 9.67. The number of aryl methyl sites for hydroxylation is 1. The number of hydrogen-bond acceptors (Lipinski definition) is 5. The molecular formula is C12H12BrNO4S3. The van der Waals surface area contributed by atoms with Gasteiger partial charge in [-0.25, -0.2) is 13.2 Å². The van der Waals surface area contributed by atoms with E-state index in [4.69, 9.17) is 5.11 Å². The maximum Gasteiger partial charge on any atom is 0.346 e. The van der Waals surface area contributed by atoms with Gasteiger partial charge in [0, 0.05) is 13.6 Å². The van der Waals surface area contributed by atoms with Crippen LogP contribution >= 0.6 is 38.6 Å². The van der Waals surface area contributed by atoms with Gasteiger partial charge in [-0.3, -0.25) is 0 Å². The highest BCUT2D eigenvalue weighted by Crippen LogP contribution is 2.29. The molecule has 1 N–H and O–H groups in total. The van der Waals surface area contributed by atoms with E-state index in [0.29, 0.717) is 5.56 Å². The topological polar surface area (TPSA) is 74.7 Å². The normalized spacial score (nSPS) is 12.0. The van der Waals surface area contributed by atoms with Gasteiger partial charge in [-0.15, -0.1) is 22.7 Å². The first-order valence-electron chi connectivity index (χ1n) is 5.75. The molecule has 0 saturated carbocycles. The molecule has 0 aliphatic rings. The Balaban J connectivity index is 2.28. The van der Waals surface area contributed by atoms with Crippen LogP contribution in [0, 0.1) is 6.92 Å². The van der Waals surface area contributed by atoms with Crippen LogP contribution in [0.5, 0.6) is 0 Å². The van der Waals surface area contributed by atoms with Crippen molar-refractivity contribution < 1.29 is 18.3 Å². The summed E-state index contributed by atoms with van der Waals surface area (Å²) in [5.74, 6) is -1.11. The van der Waals surface area contributed by atoms with Gasteiger partial charge in [-0.1, -0.05) is 0 Å². The average Bonchev–Trinajstić information content (AvgIpc) is 2.95. The van der Waals surface area contributed by atoms with Crippen LogP contribution in [0.3, 0.4) is 0 Å². The summed E-state index contributed by atoms with van der Waals surface area (Å²) in [6.45, 7) is 1.83. The fraction of sp³-hybridized carbons (Fsp3) is 0.250. The monoisotopic (exact) mass is 409 g/mol. The minimum atomic E-state index is -3.69. The van der Waals surface area contributed by atoms with E-state index >= 15 is 0 Å². The number of carbonyl (C=O) groups is 1. The minimum Gasteiger partial charge on any atom is -0.477 e. The largest absolute Gasteiger partial charge is 0.477 e. The standard InChI is InChI=1S/C12H12BrNO4S3/c1-7-3-10(20-11(7)12(15)16)21(17,18)14(2)5-8-4-9(13)19-6-8/h3-4,6H,5H2,1-2H3,(H,15,16). The third-order valence-electron chi connectivity index (χ3n) is 2.78. The highest BCUT2D eigenvalue weighted by atomic mass is 79.9. The second-order valence-electron chi connectivity index (χ2n) is 4.40. The van der Waals surface area contributed by atoms with E-state index in [1.54, 1.807) is 6.92 Å². The molecule has 0 saturated heterocycles. The Labute approximate surface area is 139 Å². The fourth-order valence-corrected chi connectivity index (χ4v) is 5.67. The SMILES string of the molecule is Cc1cc(S(=O)(=O)N(C)Cc2csc(Br)c2)sc1C(=O)O. The highest BCUT2D eigenvalue weighted by Gasteiger charge is 2.26. The lowest BCUT2D eigenvalue weighted by Crippen LogP contribution is -2.25. The van der Waals surface area contributed by atoms with E-state index in [1.807, 2.05) is 11.4 Å². The number of halogens is 1. The van der Waals surface area contributed by atoms with Crippen molar-refractivity contribution in [1.82, 2.24) is 4.31 Å². The van der Waals surface area contributed by atoms with Crippen LogP contribution in [-0.4, -0.2) is 30.8 Å². The van der Waals surface area contributed by atoms with Gasteiger partial charge in [0.1, 0.15) is 9.09 Å². The minimum absolute atomic E-state index is 0.0502. The van der Waals surface area contributed by atoms with Gasteiger partial charge in [0.15, 0.2) is 0 Å². The third kappa shape index (κ3) is 3.54. The van der Waals surface area contributed by atoms with Crippen LogP contribution in [0.2, 0.25) is 0 Å². The van der Waals surface area contributed by atoms with E-state index in [1.165, 1.54) is 28.8 Å². The Morgan fingerprint density at radius 3 is 2.57 bits per heavy atom. The zero-order chi connectivity index (χ0) is 15.8. The number of sulfonamides is 1. The second-order valence-corrected chi connectivity index (χ2v) is 10.0. The number of carboxylic acid groups (broad SMARTS) is 1. The molecule has 9 heteroatoms. The molecule has 2 heterocycles. The molecule has 5 nitrogen and oxygen atoms in total. The predicted octanol–water partition coefficient (Wildman–Crippen LogP) is 3.40. The Bertz CT molecular complexity index is 778.